The van der Waals surface area contributed by atoms with Crippen LogP contribution in [0.25, 0.3) is 22.4 Å². The molecule has 0 saturated carbocycles. The van der Waals surface area contributed by atoms with E-state index in [1.54, 1.807) is 12.3 Å². The van der Waals surface area contributed by atoms with Crippen LogP contribution in [0.4, 0.5) is 23.1 Å². The highest BCUT2D eigenvalue weighted by atomic mass is 16.5. The first kappa shape index (κ1) is 26.5. The highest BCUT2D eigenvalue weighted by Gasteiger charge is 2.22. The number of pyridine rings is 1. The predicted octanol–water partition coefficient (Wildman–Crippen LogP) is 4.08. The number of aliphatic hydroxyl groups excluding tert-OH is 1. The van der Waals surface area contributed by atoms with Gasteiger partial charge in [-0.3, -0.25) is 14.6 Å². The molecule has 0 amide bonds. The van der Waals surface area contributed by atoms with Crippen LogP contribution >= 0.6 is 0 Å². The van der Waals surface area contributed by atoms with Gasteiger partial charge < -0.3 is 29.9 Å². The summed E-state index contributed by atoms with van der Waals surface area (Å²) in [5, 5.41) is 24.8. The maximum Gasteiger partial charge on any atom is 0.271 e. The molecule has 0 radical (unpaired) electrons. The van der Waals surface area contributed by atoms with Gasteiger partial charge in [-0.25, -0.2) is 4.98 Å². The van der Waals surface area contributed by atoms with Gasteiger partial charge in [0, 0.05) is 37.1 Å². The molecule has 3 aromatic heterocycles. The van der Waals surface area contributed by atoms with Crippen molar-refractivity contribution in [2.24, 2.45) is 0 Å². The van der Waals surface area contributed by atoms with Crippen molar-refractivity contribution in [1.82, 2.24) is 24.9 Å². The lowest BCUT2D eigenvalue weighted by molar-refractivity contribution is 0.121. The molecule has 0 spiro atoms. The third-order valence-corrected chi connectivity index (χ3v) is 7.07. The lowest BCUT2D eigenvalue weighted by Gasteiger charge is -2.24. The summed E-state index contributed by atoms with van der Waals surface area (Å²) in [7, 11) is 0. The van der Waals surface area contributed by atoms with E-state index < -0.39 is 0 Å². The van der Waals surface area contributed by atoms with E-state index >= 15 is 0 Å². The van der Waals surface area contributed by atoms with Gasteiger partial charge in [0.25, 0.3) is 17.4 Å². The SMILES string of the molecule is CC(C)n1[nH]c(=O)c2ccc(Nc3cc(N[C@H](CO)c4ccccc4)c(-c4nc(N5CCOCC5)no4)cn3)cc21. The number of hydrogen-bond donors (Lipinski definition) is 4. The zero-order valence-electron chi connectivity index (χ0n) is 22.9. The van der Waals surface area contributed by atoms with E-state index in [1.165, 1.54) is 0 Å². The van der Waals surface area contributed by atoms with E-state index in [9.17, 15) is 9.90 Å². The summed E-state index contributed by atoms with van der Waals surface area (Å²) in [5.41, 5.74) is 3.63. The molecule has 1 aliphatic rings. The molecule has 0 bridgehead atoms. The molecule has 12 heteroatoms. The van der Waals surface area contributed by atoms with Gasteiger partial charge in [-0.2, -0.15) is 4.98 Å². The first-order chi connectivity index (χ1) is 20.0. The van der Waals surface area contributed by atoms with Crippen molar-refractivity contribution in [1.29, 1.82) is 0 Å². The minimum atomic E-state index is -0.386. The second-order valence-electron chi connectivity index (χ2n) is 10.2. The predicted molar refractivity (Wildman–Crippen MR) is 157 cm³/mol. The average molecular weight is 557 g/mol. The van der Waals surface area contributed by atoms with Gasteiger partial charge in [0.05, 0.1) is 48.0 Å². The molecular formula is C29H32N8O4. The van der Waals surface area contributed by atoms with Crippen LogP contribution in [0.5, 0.6) is 0 Å². The molecule has 0 aliphatic carbocycles. The Hall–Kier alpha value is -4.68. The van der Waals surface area contributed by atoms with E-state index in [1.807, 2.05) is 72.0 Å². The second kappa shape index (κ2) is 11.4. The summed E-state index contributed by atoms with van der Waals surface area (Å²) < 4.78 is 13.0. The Bertz CT molecular complexity index is 1690. The number of aromatic amines is 1. The number of anilines is 4. The molecule has 1 saturated heterocycles. The molecule has 2 aromatic carbocycles. The van der Waals surface area contributed by atoms with E-state index in [2.05, 4.69) is 30.9 Å². The number of aliphatic hydroxyl groups is 1. The molecule has 6 rings (SSSR count). The lowest BCUT2D eigenvalue weighted by Crippen LogP contribution is -2.36. The number of rotatable bonds is 9. The number of aromatic nitrogens is 5. The Morgan fingerprint density at radius 1 is 1.10 bits per heavy atom. The molecule has 41 heavy (non-hydrogen) atoms. The van der Waals surface area contributed by atoms with Gasteiger partial charge in [-0.05, 0) is 42.8 Å². The molecule has 1 aliphatic heterocycles. The number of H-pyrrole nitrogens is 1. The Kier molecular flexibility index (Phi) is 7.40. The van der Waals surface area contributed by atoms with Crippen LogP contribution in [-0.2, 0) is 4.74 Å². The normalized spacial score (nSPS) is 14.5. The monoisotopic (exact) mass is 556 g/mol. The standard InChI is InChI=1S/C29H32N8O4/c1-18(2)37-25-14-20(8-9-21(25)27(39)34-37)31-26-15-23(32-24(17-38)19-6-4-3-5-7-19)22(16-30-26)28-33-29(35-41-28)36-10-12-40-13-11-36/h3-9,14-16,18,24,38H,10-13,17H2,1-2H3,(H,34,39)(H2,30,31,32)/t24-/m1/s1. The zero-order valence-corrected chi connectivity index (χ0v) is 22.9. The Morgan fingerprint density at radius 3 is 2.66 bits per heavy atom. The maximum absolute atomic E-state index is 12.4. The van der Waals surface area contributed by atoms with E-state index in [0.29, 0.717) is 60.6 Å². The topological polar surface area (TPSA) is 146 Å². The Balaban J connectivity index is 1.35. The molecule has 5 aromatic rings. The summed E-state index contributed by atoms with van der Waals surface area (Å²) in [6, 6.07) is 16.8. The van der Waals surface area contributed by atoms with Crippen molar-refractivity contribution in [2.75, 3.05) is 48.4 Å². The fourth-order valence-electron chi connectivity index (χ4n) is 4.92. The fraction of sp³-hybridized carbons (Fsp3) is 0.310. The van der Waals surface area contributed by atoms with Crippen molar-refractivity contribution >= 4 is 34.0 Å². The Morgan fingerprint density at radius 2 is 1.90 bits per heavy atom. The summed E-state index contributed by atoms with van der Waals surface area (Å²) >= 11 is 0. The average Bonchev–Trinajstić information content (AvgIpc) is 3.62. The number of hydrogen-bond acceptors (Lipinski definition) is 10. The van der Waals surface area contributed by atoms with Crippen molar-refractivity contribution in [3.63, 3.8) is 0 Å². The molecule has 4 heterocycles. The maximum atomic E-state index is 12.4. The largest absolute Gasteiger partial charge is 0.394 e. The fourth-order valence-corrected chi connectivity index (χ4v) is 4.92. The van der Waals surface area contributed by atoms with Crippen LogP contribution in [0.3, 0.4) is 0 Å². The molecular weight excluding hydrogens is 524 g/mol. The van der Waals surface area contributed by atoms with Gasteiger partial charge in [0.1, 0.15) is 5.82 Å². The number of morpholine rings is 1. The summed E-state index contributed by atoms with van der Waals surface area (Å²) in [6.07, 6.45) is 1.67. The molecule has 1 fully saturated rings. The number of ether oxygens (including phenoxy) is 1. The van der Waals surface area contributed by atoms with Gasteiger partial charge in [0.2, 0.25) is 0 Å². The third kappa shape index (κ3) is 5.52. The lowest BCUT2D eigenvalue weighted by atomic mass is 10.1. The van der Waals surface area contributed by atoms with Crippen molar-refractivity contribution < 1.29 is 14.4 Å². The molecule has 12 nitrogen and oxygen atoms in total. The van der Waals surface area contributed by atoms with Crippen LogP contribution in [-0.4, -0.2) is 62.9 Å². The number of fused-ring (bicyclic) bond motifs is 1. The first-order valence-electron chi connectivity index (χ1n) is 13.6. The number of nitrogens with zero attached hydrogens (tertiary/aromatic N) is 5. The van der Waals surface area contributed by atoms with Gasteiger partial charge in [-0.1, -0.05) is 30.3 Å². The molecule has 212 valence electrons. The Labute approximate surface area is 236 Å². The van der Waals surface area contributed by atoms with Crippen LogP contribution in [0.1, 0.15) is 31.5 Å². The highest BCUT2D eigenvalue weighted by molar-refractivity contribution is 5.84. The van der Waals surface area contributed by atoms with Gasteiger partial charge in [0.15, 0.2) is 0 Å². The van der Waals surface area contributed by atoms with Crippen LogP contribution in [0.15, 0.2) is 70.1 Å². The second-order valence-corrected chi connectivity index (χ2v) is 10.2. The van der Waals surface area contributed by atoms with E-state index in [4.69, 9.17) is 9.26 Å². The summed E-state index contributed by atoms with van der Waals surface area (Å²) in [4.78, 5) is 23.7. The number of nitrogens with one attached hydrogen (secondary N) is 3. The minimum Gasteiger partial charge on any atom is -0.394 e. The van der Waals surface area contributed by atoms with Gasteiger partial charge >= 0.3 is 0 Å². The summed E-state index contributed by atoms with van der Waals surface area (Å²) in [5.74, 6) is 1.36. The van der Waals surface area contributed by atoms with Crippen LogP contribution < -0.4 is 21.1 Å². The zero-order chi connectivity index (χ0) is 28.3. The molecule has 0 unspecified atom stereocenters. The smallest absolute Gasteiger partial charge is 0.271 e. The van der Waals surface area contributed by atoms with Gasteiger partial charge in [-0.15, -0.1) is 0 Å². The van der Waals surface area contributed by atoms with Crippen molar-refractivity contribution in [3.8, 4) is 11.5 Å². The van der Waals surface area contributed by atoms with E-state index in [0.717, 1.165) is 16.8 Å². The highest BCUT2D eigenvalue weighted by Crippen LogP contribution is 2.33. The van der Waals surface area contributed by atoms with E-state index in [-0.39, 0.29) is 24.2 Å². The first-order valence-corrected chi connectivity index (χ1v) is 13.6. The summed E-state index contributed by atoms with van der Waals surface area (Å²) in [6.45, 7) is 6.48. The van der Waals surface area contributed by atoms with Crippen LogP contribution in [0, 0.1) is 0 Å². The van der Waals surface area contributed by atoms with Crippen LogP contribution in [0.2, 0.25) is 0 Å². The van der Waals surface area contributed by atoms with Crippen molar-refractivity contribution in [3.05, 3.63) is 76.7 Å². The molecule has 4 N–H and O–H groups in total. The minimum absolute atomic E-state index is 0.0915. The van der Waals surface area contributed by atoms with Crippen molar-refractivity contribution in [2.45, 2.75) is 25.9 Å². The quantitative estimate of drug-likeness (QED) is 0.209. The molecule has 1 atom stereocenters. The third-order valence-electron chi connectivity index (χ3n) is 7.07. The number of benzene rings is 2.